The molecule has 4 heteroatoms. The van der Waals surface area contributed by atoms with Crippen molar-refractivity contribution in [3.05, 3.63) is 23.9 Å². The van der Waals surface area contributed by atoms with Crippen molar-refractivity contribution in [3.8, 4) is 6.07 Å². The molecule has 0 aliphatic carbocycles. The fraction of sp³-hybridized carbons (Fsp3) is 0.500. The number of aliphatic hydroxyl groups excluding tert-OH is 1. The van der Waals surface area contributed by atoms with Crippen molar-refractivity contribution in [1.29, 1.82) is 5.26 Å². The third-order valence-corrected chi connectivity index (χ3v) is 2.41. The van der Waals surface area contributed by atoms with Gasteiger partial charge in [0.2, 0.25) is 0 Å². The van der Waals surface area contributed by atoms with E-state index < -0.39 is 0 Å². The zero-order valence-corrected chi connectivity index (χ0v) is 9.72. The van der Waals surface area contributed by atoms with Crippen LogP contribution in [0, 0.1) is 17.2 Å². The van der Waals surface area contributed by atoms with Crippen LogP contribution in [0.25, 0.3) is 0 Å². The van der Waals surface area contributed by atoms with Crippen molar-refractivity contribution in [2.24, 2.45) is 5.92 Å². The highest BCUT2D eigenvalue weighted by molar-refractivity contribution is 5.39. The fourth-order valence-electron chi connectivity index (χ4n) is 1.45. The molecule has 0 bridgehead atoms. The smallest absolute Gasteiger partial charge is 0.128 e. The predicted octanol–water partition coefficient (Wildman–Crippen LogP) is 1.56. The van der Waals surface area contributed by atoms with Crippen molar-refractivity contribution in [1.82, 2.24) is 4.98 Å². The Kier molecular flexibility index (Phi) is 4.74. The number of hydrogen-bond donors (Lipinski definition) is 1. The summed E-state index contributed by atoms with van der Waals surface area (Å²) in [6.45, 7) is 5.43. The van der Waals surface area contributed by atoms with Crippen molar-refractivity contribution in [2.45, 2.75) is 20.5 Å². The third kappa shape index (κ3) is 3.21. The number of rotatable bonds is 5. The first-order valence-electron chi connectivity index (χ1n) is 5.41. The number of anilines is 1. The quantitative estimate of drug-likeness (QED) is 0.816. The SMILES string of the molecule is CCN(CC(C)C#N)c1ccc(CO)cn1. The van der Waals surface area contributed by atoms with E-state index in [2.05, 4.69) is 16.0 Å². The van der Waals surface area contributed by atoms with Gasteiger partial charge in [-0.15, -0.1) is 0 Å². The summed E-state index contributed by atoms with van der Waals surface area (Å²) >= 11 is 0. The molecule has 1 atom stereocenters. The van der Waals surface area contributed by atoms with E-state index in [1.54, 1.807) is 6.20 Å². The number of aromatic nitrogens is 1. The highest BCUT2D eigenvalue weighted by Crippen LogP contribution is 2.12. The monoisotopic (exact) mass is 219 g/mol. The average Bonchev–Trinajstić information content (AvgIpc) is 2.35. The summed E-state index contributed by atoms with van der Waals surface area (Å²) in [6, 6.07) is 5.94. The number of nitrogens with zero attached hydrogens (tertiary/aromatic N) is 3. The van der Waals surface area contributed by atoms with Gasteiger partial charge in [0.15, 0.2) is 0 Å². The lowest BCUT2D eigenvalue weighted by Gasteiger charge is -2.22. The van der Waals surface area contributed by atoms with Gasteiger partial charge in [-0.25, -0.2) is 4.98 Å². The van der Waals surface area contributed by atoms with Crippen molar-refractivity contribution in [2.75, 3.05) is 18.0 Å². The molecule has 0 saturated heterocycles. The van der Waals surface area contributed by atoms with E-state index in [1.807, 2.05) is 26.0 Å². The van der Waals surface area contributed by atoms with Crippen LogP contribution in [0.1, 0.15) is 19.4 Å². The maximum atomic E-state index is 8.91. The van der Waals surface area contributed by atoms with Crippen molar-refractivity contribution in [3.63, 3.8) is 0 Å². The van der Waals surface area contributed by atoms with Crippen molar-refractivity contribution >= 4 is 5.82 Å². The van der Waals surface area contributed by atoms with Crippen LogP contribution in [-0.2, 0) is 6.61 Å². The van der Waals surface area contributed by atoms with Gasteiger partial charge in [0.25, 0.3) is 0 Å². The van der Waals surface area contributed by atoms with E-state index in [-0.39, 0.29) is 12.5 Å². The highest BCUT2D eigenvalue weighted by atomic mass is 16.3. The van der Waals surface area contributed by atoms with Crippen LogP contribution in [0.2, 0.25) is 0 Å². The Morgan fingerprint density at radius 2 is 2.31 bits per heavy atom. The molecule has 0 aliphatic rings. The summed E-state index contributed by atoms with van der Waals surface area (Å²) < 4.78 is 0. The molecule has 0 fully saturated rings. The first kappa shape index (κ1) is 12.5. The van der Waals surface area contributed by atoms with Crippen LogP contribution in [0.3, 0.4) is 0 Å². The summed E-state index contributed by atoms with van der Waals surface area (Å²) in [5.74, 6) is 0.834. The normalized spacial score (nSPS) is 11.9. The lowest BCUT2D eigenvalue weighted by molar-refractivity contribution is 0.281. The van der Waals surface area contributed by atoms with Gasteiger partial charge in [-0.1, -0.05) is 6.07 Å². The Morgan fingerprint density at radius 3 is 2.75 bits per heavy atom. The fourth-order valence-corrected chi connectivity index (χ4v) is 1.45. The standard InChI is InChI=1S/C12H17N3O/c1-3-15(8-10(2)6-13)12-5-4-11(9-16)7-14-12/h4-5,7,10,16H,3,8-9H2,1-2H3. The molecular weight excluding hydrogens is 202 g/mol. The van der Waals surface area contributed by atoms with Gasteiger partial charge in [0.05, 0.1) is 18.6 Å². The zero-order chi connectivity index (χ0) is 12.0. The summed E-state index contributed by atoms with van der Waals surface area (Å²) in [5, 5.41) is 17.7. The molecule has 0 spiro atoms. The molecule has 4 nitrogen and oxygen atoms in total. The molecule has 0 radical (unpaired) electrons. The minimum Gasteiger partial charge on any atom is -0.392 e. The lowest BCUT2D eigenvalue weighted by Crippen LogP contribution is -2.28. The molecule has 16 heavy (non-hydrogen) atoms. The summed E-state index contributed by atoms with van der Waals surface area (Å²) in [7, 11) is 0. The maximum Gasteiger partial charge on any atom is 0.128 e. The van der Waals surface area contributed by atoms with Gasteiger partial charge in [-0.3, -0.25) is 0 Å². The molecule has 1 aromatic heterocycles. The Morgan fingerprint density at radius 1 is 1.56 bits per heavy atom. The Labute approximate surface area is 96.2 Å². The Balaban J connectivity index is 2.75. The minimum atomic E-state index is -0.0146. The van der Waals surface area contributed by atoms with Crippen LogP contribution in [0.5, 0.6) is 0 Å². The van der Waals surface area contributed by atoms with E-state index in [4.69, 9.17) is 10.4 Å². The summed E-state index contributed by atoms with van der Waals surface area (Å²) in [5.41, 5.74) is 0.799. The predicted molar refractivity (Wildman–Crippen MR) is 62.8 cm³/mol. The van der Waals surface area contributed by atoms with E-state index in [0.29, 0.717) is 6.54 Å². The maximum absolute atomic E-state index is 8.91. The first-order chi connectivity index (χ1) is 7.71. The van der Waals surface area contributed by atoms with E-state index >= 15 is 0 Å². The molecule has 0 aromatic carbocycles. The molecule has 1 heterocycles. The highest BCUT2D eigenvalue weighted by Gasteiger charge is 2.09. The molecule has 86 valence electrons. The van der Waals surface area contributed by atoms with Gasteiger partial charge in [0, 0.05) is 19.3 Å². The van der Waals surface area contributed by atoms with E-state index in [0.717, 1.165) is 17.9 Å². The molecular formula is C12H17N3O. The Hall–Kier alpha value is -1.60. The molecule has 0 amide bonds. The van der Waals surface area contributed by atoms with Crippen LogP contribution in [-0.4, -0.2) is 23.2 Å². The second kappa shape index (κ2) is 6.09. The van der Waals surface area contributed by atoms with Crippen LogP contribution in [0.15, 0.2) is 18.3 Å². The van der Waals surface area contributed by atoms with Gasteiger partial charge >= 0.3 is 0 Å². The van der Waals surface area contributed by atoms with Crippen LogP contribution in [0.4, 0.5) is 5.82 Å². The molecule has 0 aliphatic heterocycles. The first-order valence-corrected chi connectivity index (χ1v) is 5.41. The van der Waals surface area contributed by atoms with E-state index in [9.17, 15) is 0 Å². The van der Waals surface area contributed by atoms with Crippen LogP contribution < -0.4 is 4.90 Å². The topological polar surface area (TPSA) is 60.2 Å². The third-order valence-electron chi connectivity index (χ3n) is 2.41. The lowest BCUT2D eigenvalue weighted by atomic mass is 10.2. The number of nitriles is 1. The van der Waals surface area contributed by atoms with Gasteiger partial charge in [-0.2, -0.15) is 5.26 Å². The van der Waals surface area contributed by atoms with Crippen molar-refractivity contribution < 1.29 is 5.11 Å². The van der Waals surface area contributed by atoms with Gasteiger partial charge in [0.1, 0.15) is 5.82 Å². The largest absolute Gasteiger partial charge is 0.392 e. The molecule has 0 saturated carbocycles. The number of aliphatic hydroxyl groups is 1. The second-order valence-electron chi connectivity index (χ2n) is 3.75. The second-order valence-corrected chi connectivity index (χ2v) is 3.75. The summed E-state index contributed by atoms with van der Waals surface area (Å²) in [6.07, 6.45) is 1.66. The number of hydrogen-bond acceptors (Lipinski definition) is 4. The van der Waals surface area contributed by atoms with Gasteiger partial charge < -0.3 is 10.0 Å². The zero-order valence-electron chi connectivity index (χ0n) is 9.72. The van der Waals surface area contributed by atoms with Gasteiger partial charge in [-0.05, 0) is 25.5 Å². The minimum absolute atomic E-state index is 0.00794. The van der Waals surface area contributed by atoms with E-state index in [1.165, 1.54) is 0 Å². The Bertz CT molecular complexity index is 356. The summed E-state index contributed by atoms with van der Waals surface area (Å²) in [4.78, 5) is 6.32. The average molecular weight is 219 g/mol. The molecule has 1 N–H and O–H groups in total. The molecule has 1 unspecified atom stereocenters. The molecule has 1 aromatic rings. The van der Waals surface area contributed by atoms with Crippen LogP contribution >= 0.6 is 0 Å². The number of pyridine rings is 1. The molecule has 1 rings (SSSR count).